The molecule has 0 fully saturated rings. The van der Waals surface area contributed by atoms with Gasteiger partial charge in [-0.1, -0.05) is 41.6 Å². The monoisotopic (exact) mass is 450 g/mol. The van der Waals surface area contributed by atoms with Gasteiger partial charge in [0.25, 0.3) is 5.91 Å². The summed E-state index contributed by atoms with van der Waals surface area (Å²) in [4.78, 5) is 36.6. The second-order valence-electron chi connectivity index (χ2n) is 6.68. The van der Waals surface area contributed by atoms with Crippen LogP contribution in [0, 0.1) is 6.92 Å². The Balaban J connectivity index is 1.53. The summed E-state index contributed by atoms with van der Waals surface area (Å²) >= 11 is 1.18. The van der Waals surface area contributed by atoms with Gasteiger partial charge >= 0.3 is 5.97 Å². The van der Waals surface area contributed by atoms with Crippen LogP contribution in [0.3, 0.4) is 0 Å². The average Bonchev–Trinajstić information content (AvgIpc) is 2.79. The topological polar surface area (TPSA) is 110 Å². The van der Waals surface area contributed by atoms with E-state index < -0.39 is 5.97 Å². The number of hydrogen-bond acceptors (Lipinski definition) is 7. The summed E-state index contributed by atoms with van der Waals surface area (Å²) in [6.45, 7) is 3.91. The van der Waals surface area contributed by atoms with E-state index in [-0.39, 0.29) is 24.2 Å². The van der Waals surface area contributed by atoms with Gasteiger partial charge in [0.05, 0.1) is 23.6 Å². The molecule has 0 aliphatic rings. The summed E-state index contributed by atoms with van der Waals surface area (Å²) in [6, 6.07) is 17.1. The largest absolute Gasteiger partial charge is 0.462 e. The van der Waals surface area contributed by atoms with E-state index in [4.69, 9.17) is 4.74 Å². The van der Waals surface area contributed by atoms with Crippen LogP contribution in [0.4, 0.5) is 11.5 Å². The van der Waals surface area contributed by atoms with E-state index in [2.05, 4.69) is 20.8 Å². The third kappa shape index (κ3) is 6.39. The van der Waals surface area contributed by atoms with E-state index in [1.165, 1.54) is 11.8 Å². The predicted molar refractivity (Wildman–Crippen MR) is 123 cm³/mol. The molecule has 0 spiro atoms. The molecule has 3 aromatic rings. The molecule has 0 bridgehead atoms. The third-order valence-electron chi connectivity index (χ3n) is 4.24. The predicted octanol–water partition coefficient (Wildman–Crippen LogP) is 3.94. The van der Waals surface area contributed by atoms with Crippen molar-refractivity contribution in [1.82, 2.24) is 10.2 Å². The first-order valence-corrected chi connectivity index (χ1v) is 10.9. The second kappa shape index (κ2) is 11.1. The van der Waals surface area contributed by atoms with Crippen molar-refractivity contribution in [2.75, 3.05) is 23.0 Å². The molecule has 1 heterocycles. The molecule has 2 amide bonds. The quantitative estimate of drug-likeness (QED) is 0.395. The van der Waals surface area contributed by atoms with Crippen molar-refractivity contribution in [3.8, 4) is 0 Å². The maximum atomic E-state index is 12.3. The van der Waals surface area contributed by atoms with Gasteiger partial charge in [-0.15, -0.1) is 10.2 Å². The van der Waals surface area contributed by atoms with Crippen LogP contribution in [-0.4, -0.2) is 40.3 Å². The Kier molecular flexibility index (Phi) is 7.93. The summed E-state index contributed by atoms with van der Waals surface area (Å²) in [5.41, 5.74) is 2.27. The van der Waals surface area contributed by atoms with E-state index in [1.807, 2.05) is 19.1 Å². The van der Waals surface area contributed by atoms with E-state index >= 15 is 0 Å². The number of para-hydroxylation sites is 1. The molecule has 32 heavy (non-hydrogen) atoms. The molecule has 3 rings (SSSR count). The molecule has 0 saturated carbocycles. The van der Waals surface area contributed by atoms with Crippen LogP contribution < -0.4 is 10.6 Å². The Morgan fingerprint density at radius 3 is 2.38 bits per heavy atom. The second-order valence-corrected chi connectivity index (χ2v) is 7.68. The van der Waals surface area contributed by atoms with Gasteiger partial charge in [-0.25, -0.2) is 4.79 Å². The van der Waals surface area contributed by atoms with Crippen molar-refractivity contribution in [3.63, 3.8) is 0 Å². The Morgan fingerprint density at radius 1 is 0.938 bits per heavy atom. The van der Waals surface area contributed by atoms with Gasteiger partial charge in [-0.3, -0.25) is 9.59 Å². The summed E-state index contributed by atoms with van der Waals surface area (Å²) in [5.74, 6) is -0.691. The van der Waals surface area contributed by atoms with E-state index in [9.17, 15) is 14.4 Å². The minimum absolute atomic E-state index is 0.0703. The first-order chi connectivity index (χ1) is 15.5. The van der Waals surface area contributed by atoms with Gasteiger partial charge < -0.3 is 15.4 Å². The van der Waals surface area contributed by atoms with Crippen molar-refractivity contribution >= 4 is 41.1 Å². The fourth-order valence-electron chi connectivity index (χ4n) is 2.66. The number of thioether (sulfide) groups is 1. The summed E-state index contributed by atoms with van der Waals surface area (Å²) in [6.07, 6.45) is 0. The molecular formula is C23H22N4O4S. The number of benzene rings is 2. The normalized spacial score (nSPS) is 10.3. The standard InChI is InChI=1S/C23H22N4O4S/c1-3-31-23(30)17-6-4-5-7-18(17)24-20(28)14-32-21-13-12-19(26-27-21)25-22(29)16-10-8-15(2)9-11-16/h4-13H,3,14H2,1-2H3,(H,24,28)(H,25,26,29). The van der Waals surface area contributed by atoms with Crippen molar-refractivity contribution in [3.05, 3.63) is 77.4 Å². The molecule has 9 heteroatoms. The molecule has 0 aliphatic carbocycles. The van der Waals surface area contributed by atoms with Gasteiger partial charge in [-0.05, 0) is 50.2 Å². The SMILES string of the molecule is CCOC(=O)c1ccccc1NC(=O)CSc1ccc(NC(=O)c2ccc(C)cc2)nn1. The Morgan fingerprint density at radius 2 is 1.69 bits per heavy atom. The van der Waals surface area contributed by atoms with E-state index in [0.717, 1.165) is 5.56 Å². The Hall–Kier alpha value is -3.72. The molecular weight excluding hydrogens is 428 g/mol. The highest BCUT2D eigenvalue weighted by atomic mass is 32.2. The molecule has 0 atom stereocenters. The number of hydrogen-bond donors (Lipinski definition) is 2. The molecule has 0 radical (unpaired) electrons. The molecule has 2 N–H and O–H groups in total. The number of anilines is 2. The summed E-state index contributed by atoms with van der Waals surface area (Å²) < 4.78 is 5.01. The lowest BCUT2D eigenvalue weighted by Crippen LogP contribution is -2.17. The van der Waals surface area contributed by atoms with Gasteiger partial charge in [0.1, 0.15) is 5.03 Å². The lowest BCUT2D eigenvalue weighted by Gasteiger charge is -2.10. The van der Waals surface area contributed by atoms with Gasteiger partial charge in [-0.2, -0.15) is 0 Å². The molecule has 8 nitrogen and oxygen atoms in total. The zero-order valence-corrected chi connectivity index (χ0v) is 18.4. The van der Waals surface area contributed by atoms with Gasteiger partial charge in [0.15, 0.2) is 5.82 Å². The van der Waals surface area contributed by atoms with E-state index in [1.54, 1.807) is 55.5 Å². The third-order valence-corrected chi connectivity index (χ3v) is 5.16. The van der Waals surface area contributed by atoms with Crippen LogP contribution in [0.5, 0.6) is 0 Å². The molecule has 1 aromatic heterocycles. The number of nitrogens with zero attached hydrogens (tertiary/aromatic N) is 2. The fourth-order valence-corrected chi connectivity index (χ4v) is 3.28. The van der Waals surface area contributed by atoms with Crippen LogP contribution in [0.15, 0.2) is 65.7 Å². The number of rotatable bonds is 8. The number of esters is 1. The van der Waals surface area contributed by atoms with Crippen LogP contribution >= 0.6 is 11.8 Å². The highest BCUT2D eigenvalue weighted by molar-refractivity contribution is 7.99. The number of aryl methyl sites for hydroxylation is 1. The number of nitrogens with one attached hydrogen (secondary N) is 2. The lowest BCUT2D eigenvalue weighted by molar-refractivity contribution is -0.113. The van der Waals surface area contributed by atoms with Crippen LogP contribution in [0.2, 0.25) is 0 Å². The van der Waals surface area contributed by atoms with Gasteiger partial charge in [0.2, 0.25) is 5.91 Å². The number of ether oxygens (including phenoxy) is 1. The van der Waals surface area contributed by atoms with Crippen LogP contribution in [0.25, 0.3) is 0 Å². The Labute approximate surface area is 189 Å². The van der Waals surface area contributed by atoms with Crippen molar-refractivity contribution in [2.45, 2.75) is 18.9 Å². The zero-order chi connectivity index (χ0) is 22.9. The maximum absolute atomic E-state index is 12.3. The van der Waals surface area contributed by atoms with Crippen molar-refractivity contribution < 1.29 is 19.1 Å². The van der Waals surface area contributed by atoms with Crippen molar-refractivity contribution in [1.29, 1.82) is 0 Å². The zero-order valence-electron chi connectivity index (χ0n) is 17.6. The minimum Gasteiger partial charge on any atom is -0.462 e. The maximum Gasteiger partial charge on any atom is 0.340 e. The molecule has 0 unspecified atom stereocenters. The lowest BCUT2D eigenvalue weighted by atomic mass is 10.1. The summed E-state index contributed by atoms with van der Waals surface area (Å²) in [7, 11) is 0. The molecule has 2 aromatic carbocycles. The number of carbonyl (C=O) groups excluding carboxylic acids is 3. The minimum atomic E-state index is -0.495. The van der Waals surface area contributed by atoms with Crippen molar-refractivity contribution in [2.24, 2.45) is 0 Å². The van der Waals surface area contributed by atoms with Gasteiger partial charge in [0, 0.05) is 5.56 Å². The van der Waals surface area contributed by atoms with Crippen LogP contribution in [-0.2, 0) is 9.53 Å². The van der Waals surface area contributed by atoms with Crippen LogP contribution in [0.1, 0.15) is 33.2 Å². The number of aromatic nitrogens is 2. The number of carbonyl (C=O) groups is 3. The summed E-state index contributed by atoms with van der Waals surface area (Å²) in [5, 5.41) is 13.9. The smallest absolute Gasteiger partial charge is 0.340 e. The molecule has 0 aliphatic heterocycles. The van der Waals surface area contributed by atoms with E-state index in [0.29, 0.717) is 27.7 Å². The molecule has 0 saturated heterocycles. The first-order valence-electron chi connectivity index (χ1n) is 9.87. The first kappa shape index (κ1) is 23.0. The average molecular weight is 451 g/mol. The number of amides is 2. The fraction of sp³-hybridized carbons (Fsp3) is 0.174. The Bertz CT molecular complexity index is 1100. The highest BCUT2D eigenvalue weighted by Crippen LogP contribution is 2.19. The highest BCUT2D eigenvalue weighted by Gasteiger charge is 2.14. The molecule has 164 valence electrons.